The third-order valence-corrected chi connectivity index (χ3v) is 11.8. The number of para-hydroxylation sites is 2. The van der Waals surface area contributed by atoms with E-state index in [9.17, 15) is 0 Å². The summed E-state index contributed by atoms with van der Waals surface area (Å²) < 4.78 is 7.58. The first-order valence-corrected chi connectivity index (χ1v) is 18.3. The Morgan fingerprint density at radius 3 is 1.71 bits per heavy atom. The van der Waals surface area contributed by atoms with Crippen LogP contribution in [0.4, 0.5) is 0 Å². The number of nitrogens with zero attached hydrogens (tertiary/aromatic N) is 2. The molecular formula is C48H30N2S. The number of rotatable bonds is 4. The number of benzene rings is 8. The Bertz CT molecular complexity index is 3100. The summed E-state index contributed by atoms with van der Waals surface area (Å²) in [4.78, 5) is 0. The van der Waals surface area contributed by atoms with E-state index in [1.54, 1.807) is 0 Å². The third-order valence-electron chi connectivity index (χ3n) is 10.5. The summed E-state index contributed by atoms with van der Waals surface area (Å²) in [6.07, 6.45) is 0. The Morgan fingerprint density at radius 1 is 0.333 bits per heavy atom. The molecule has 3 heteroatoms. The summed E-state index contributed by atoms with van der Waals surface area (Å²) in [7, 11) is 0. The van der Waals surface area contributed by atoms with Crippen molar-refractivity contribution in [2.45, 2.75) is 0 Å². The molecule has 238 valence electrons. The molecule has 0 unspecified atom stereocenters. The molecule has 0 amide bonds. The Balaban J connectivity index is 1.13. The quantitative estimate of drug-likeness (QED) is 0.177. The lowest BCUT2D eigenvalue weighted by Gasteiger charge is -2.12. The van der Waals surface area contributed by atoms with Crippen LogP contribution in [0.5, 0.6) is 0 Å². The van der Waals surface area contributed by atoms with E-state index in [0.29, 0.717) is 0 Å². The first-order valence-electron chi connectivity index (χ1n) is 17.4. The molecule has 0 saturated carbocycles. The number of thiophene rings is 1. The van der Waals surface area contributed by atoms with Crippen LogP contribution < -0.4 is 0 Å². The monoisotopic (exact) mass is 666 g/mol. The molecule has 0 radical (unpaired) electrons. The molecule has 0 aliphatic carbocycles. The second-order valence-corrected chi connectivity index (χ2v) is 14.4. The second-order valence-electron chi connectivity index (χ2n) is 13.3. The van der Waals surface area contributed by atoms with Gasteiger partial charge in [-0.05, 0) is 70.8 Å². The van der Waals surface area contributed by atoms with Crippen molar-refractivity contribution in [3.05, 3.63) is 182 Å². The van der Waals surface area contributed by atoms with Crippen LogP contribution in [0.25, 0.3) is 97.4 Å². The fourth-order valence-corrected chi connectivity index (χ4v) is 9.49. The van der Waals surface area contributed by atoms with Crippen molar-refractivity contribution in [2.75, 3.05) is 0 Å². The molecule has 2 nitrogen and oxygen atoms in total. The fourth-order valence-electron chi connectivity index (χ4n) is 8.25. The van der Waals surface area contributed by atoms with Crippen molar-refractivity contribution in [3.8, 4) is 33.6 Å². The van der Waals surface area contributed by atoms with Gasteiger partial charge in [0.05, 0.1) is 22.1 Å². The molecule has 0 bridgehead atoms. The number of aromatic nitrogens is 2. The molecule has 8 aromatic carbocycles. The maximum atomic E-state index is 2.48. The van der Waals surface area contributed by atoms with Crippen molar-refractivity contribution >= 4 is 75.1 Å². The van der Waals surface area contributed by atoms with E-state index in [0.717, 1.165) is 11.4 Å². The molecule has 0 atom stereocenters. The predicted molar refractivity (Wildman–Crippen MR) is 219 cm³/mol. The average Bonchev–Trinajstić information content (AvgIpc) is 3.86. The van der Waals surface area contributed by atoms with Gasteiger partial charge in [0.1, 0.15) is 0 Å². The molecule has 0 aliphatic rings. The minimum Gasteiger partial charge on any atom is -0.309 e. The molecular weight excluding hydrogens is 637 g/mol. The Kier molecular flexibility index (Phi) is 6.16. The van der Waals surface area contributed by atoms with Gasteiger partial charge in [-0.3, -0.25) is 0 Å². The van der Waals surface area contributed by atoms with E-state index in [-0.39, 0.29) is 0 Å². The van der Waals surface area contributed by atoms with Crippen LogP contribution in [0.1, 0.15) is 0 Å². The summed E-state index contributed by atoms with van der Waals surface area (Å²) in [5.74, 6) is 0. The lowest BCUT2D eigenvalue weighted by molar-refractivity contribution is 1.17. The smallest absolute Gasteiger partial charge is 0.0641 e. The van der Waals surface area contributed by atoms with E-state index in [2.05, 4.69) is 191 Å². The normalized spacial score (nSPS) is 11.9. The second kappa shape index (κ2) is 11.0. The fraction of sp³-hybridized carbons (Fsp3) is 0. The van der Waals surface area contributed by atoms with E-state index < -0.39 is 0 Å². The zero-order valence-electron chi connectivity index (χ0n) is 27.6. The van der Waals surface area contributed by atoms with Gasteiger partial charge < -0.3 is 9.13 Å². The molecule has 0 aliphatic heterocycles. The summed E-state index contributed by atoms with van der Waals surface area (Å²) >= 11 is 1.88. The van der Waals surface area contributed by atoms with Crippen LogP contribution >= 0.6 is 11.3 Å². The van der Waals surface area contributed by atoms with Crippen LogP contribution in [0.15, 0.2) is 182 Å². The standard InChI is InChI=1S/C48H30N2S/c1-2-11-31(12-3-1)32-21-25-34(26-22-32)49-43-19-8-5-15-41(43)46-44(49)30-29-39-37-13-4-7-18-42(37)50(47(39)46)35-27-23-33(24-28-35)36-16-10-17-40-38-14-6-9-20-45(38)51-48(36)40/h1-30H. The van der Waals surface area contributed by atoms with Gasteiger partial charge in [0.25, 0.3) is 0 Å². The van der Waals surface area contributed by atoms with Crippen molar-refractivity contribution < 1.29 is 0 Å². The molecule has 3 heterocycles. The highest BCUT2D eigenvalue weighted by Crippen LogP contribution is 2.43. The van der Waals surface area contributed by atoms with Crippen LogP contribution in [-0.4, -0.2) is 9.13 Å². The predicted octanol–water partition coefficient (Wildman–Crippen LogP) is 13.6. The molecule has 0 saturated heterocycles. The maximum Gasteiger partial charge on any atom is 0.0641 e. The van der Waals surface area contributed by atoms with Crippen molar-refractivity contribution in [1.82, 2.24) is 9.13 Å². The highest BCUT2D eigenvalue weighted by Gasteiger charge is 2.21. The Morgan fingerprint density at radius 2 is 0.922 bits per heavy atom. The van der Waals surface area contributed by atoms with Gasteiger partial charge in [-0.25, -0.2) is 0 Å². The van der Waals surface area contributed by atoms with Crippen LogP contribution in [0.3, 0.4) is 0 Å². The molecule has 3 aromatic heterocycles. The molecule has 11 aromatic rings. The maximum absolute atomic E-state index is 2.48. The summed E-state index contributed by atoms with van der Waals surface area (Å²) in [5, 5.41) is 7.70. The molecule has 0 spiro atoms. The van der Waals surface area contributed by atoms with Gasteiger partial charge >= 0.3 is 0 Å². The average molecular weight is 667 g/mol. The van der Waals surface area contributed by atoms with E-state index in [1.807, 2.05) is 11.3 Å². The van der Waals surface area contributed by atoms with E-state index >= 15 is 0 Å². The highest BCUT2D eigenvalue weighted by atomic mass is 32.1. The zero-order chi connectivity index (χ0) is 33.5. The summed E-state index contributed by atoms with van der Waals surface area (Å²) in [5.41, 5.74) is 12.1. The number of hydrogen-bond acceptors (Lipinski definition) is 1. The lowest BCUT2D eigenvalue weighted by atomic mass is 10.0. The van der Waals surface area contributed by atoms with Crippen molar-refractivity contribution in [1.29, 1.82) is 0 Å². The zero-order valence-corrected chi connectivity index (χ0v) is 28.4. The van der Waals surface area contributed by atoms with Gasteiger partial charge in [-0.15, -0.1) is 11.3 Å². The van der Waals surface area contributed by atoms with Crippen LogP contribution in [0.2, 0.25) is 0 Å². The van der Waals surface area contributed by atoms with E-state index in [1.165, 1.54) is 86.0 Å². The van der Waals surface area contributed by atoms with Crippen molar-refractivity contribution in [3.63, 3.8) is 0 Å². The minimum atomic E-state index is 1.16. The van der Waals surface area contributed by atoms with Gasteiger partial charge in [0, 0.05) is 53.1 Å². The first-order chi connectivity index (χ1) is 25.3. The molecule has 11 rings (SSSR count). The Hall–Kier alpha value is -6.42. The largest absolute Gasteiger partial charge is 0.309 e. The third kappa shape index (κ3) is 4.22. The molecule has 0 N–H and O–H groups in total. The number of fused-ring (bicyclic) bond motifs is 10. The summed E-state index contributed by atoms with van der Waals surface area (Å²) in [6.45, 7) is 0. The summed E-state index contributed by atoms with van der Waals surface area (Å²) in [6, 6.07) is 66.5. The lowest BCUT2D eigenvalue weighted by Crippen LogP contribution is -1.95. The van der Waals surface area contributed by atoms with Crippen molar-refractivity contribution in [2.24, 2.45) is 0 Å². The van der Waals surface area contributed by atoms with Gasteiger partial charge in [-0.1, -0.05) is 133 Å². The highest BCUT2D eigenvalue weighted by molar-refractivity contribution is 7.26. The molecule has 51 heavy (non-hydrogen) atoms. The van der Waals surface area contributed by atoms with E-state index in [4.69, 9.17) is 0 Å². The number of hydrogen-bond donors (Lipinski definition) is 0. The van der Waals surface area contributed by atoms with Crippen LogP contribution in [-0.2, 0) is 0 Å². The van der Waals surface area contributed by atoms with Gasteiger partial charge in [-0.2, -0.15) is 0 Å². The Labute approximate surface area is 298 Å². The minimum absolute atomic E-state index is 1.16. The van der Waals surface area contributed by atoms with Gasteiger partial charge in [0.2, 0.25) is 0 Å². The topological polar surface area (TPSA) is 9.86 Å². The SMILES string of the molecule is c1ccc(-c2ccc(-n3c4ccccc4c4c3ccc3c5ccccc5n(-c5ccc(-c6cccc7c6sc6ccccc67)cc5)c34)cc2)cc1. The van der Waals surface area contributed by atoms with Crippen LogP contribution in [0, 0.1) is 0 Å². The van der Waals surface area contributed by atoms with Gasteiger partial charge in [0.15, 0.2) is 0 Å². The first kappa shape index (κ1) is 28.4. The molecule has 0 fully saturated rings.